The average molecular weight is 446 g/mol. The van der Waals surface area contributed by atoms with Crippen LogP contribution in [0.15, 0.2) is 27.6 Å². The summed E-state index contributed by atoms with van der Waals surface area (Å²) in [5.74, 6) is 0. The summed E-state index contributed by atoms with van der Waals surface area (Å²) < 4.78 is 26.4. The molecule has 0 spiro atoms. The lowest BCUT2D eigenvalue weighted by molar-refractivity contribution is 0.0645. The Bertz CT molecular complexity index is 563. The second-order valence-corrected chi connectivity index (χ2v) is 8.28. The third-order valence-electron chi connectivity index (χ3n) is 2.85. The van der Waals surface area contributed by atoms with Crippen molar-refractivity contribution in [2.45, 2.75) is 34.9 Å². The molecule has 2 unspecified atom stereocenters. The van der Waals surface area contributed by atoms with Crippen molar-refractivity contribution in [3.05, 3.63) is 28.2 Å². The molecule has 0 aromatic heterocycles. The van der Waals surface area contributed by atoms with Crippen LogP contribution in [0.4, 0.5) is 0 Å². The Labute approximate surface area is 129 Å². The van der Waals surface area contributed by atoms with Crippen LogP contribution in [0.5, 0.6) is 0 Å². The van der Waals surface area contributed by atoms with E-state index < -0.39 is 16.3 Å². The zero-order valence-corrected chi connectivity index (χ0v) is 14.2. The van der Waals surface area contributed by atoms with E-state index in [1.54, 1.807) is 12.1 Å². The lowest BCUT2D eigenvalue weighted by atomic mass is 10.2. The molecule has 2 atom stereocenters. The van der Waals surface area contributed by atoms with E-state index in [1.165, 1.54) is 10.4 Å². The van der Waals surface area contributed by atoms with E-state index in [2.05, 4.69) is 38.5 Å². The first-order valence-corrected chi connectivity index (χ1v) is 9.02. The summed E-state index contributed by atoms with van der Waals surface area (Å²) in [7, 11) is -3.58. The summed E-state index contributed by atoms with van der Waals surface area (Å²) in [5.41, 5.74) is 0.446. The summed E-state index contributed by atoms with van der Waals surface area (Å²) in [6.07, 6.45) is 0.495. The fourth-order valence-electron chi connectivity index (χ4n) is 2.01. The van der Waals surface area contributed by atoms with Gasteiger partial charge >= 0.3 is 0 Å². The van der Waals surface area contributed by atoms with Gasteiger partial charge in [0.15, 0.2) is 0 Å². The fraction of sp³-hybridized carbons (Fsp3) is 0.455. The van der Waals surface area contributed by atoms with Gasteiger partial charge in [-0.15, -0.1) is 0 Å². The van der Waals surface area contributed by atoms with E-state index in [0.29, 0.717) is 12.0 Å². The minimum atomic E-state index is -3.58. The van der Waals surface area contributed by atoms with Gasteiger partial charge in [-0.25, -0.2) is 8.42 Å². The molecule has 1 heterocycles. The van der Waals surface area contributed by atoms with E-state index >= 15 is 0 Å². The van der Waals surface area contributed by atoms with Crippen molar-refractivity contribution >= 4 is 48.5 Å². The van der Waals surface area contributed by atoms with E-state index in [9.17, 15) is 13.5 Å². The first-order valence-electron chi connectivity index (χ1n) is 5.54. The Balaban J connectivity index is 2.50. The van der Waals surface area contributed by atoms with Crippen molar-refractivity contribution < 1.29 is 13.5 Å². The van der Waals surface area contributed by atoms with Gasteiger partial charge in [-0.3, -0.25) is 0 Å². The van der Waals surface area contributed by atoms with E-state index in [1.807, 2.05) is 6.92 Å². The Hall–Kier alpha value is 0.300. The highest BCUT2D eigenvalue weighted by atomic mass is 127. The second-order valence-electron chi connectivity index (χ2n) is 4.11. The number of aliphatic hydroxyl groups excluding tert-OH is 1. The SMILES string of the molecule is CCCC(I)N1C(O)c2cc(Br)ccc2S1(=O)=O. The largest absolute Gasteiger partial charge is 0.373 e. The quantitative estimate of drug-likeness (QED) is 0.442. The standard InChI is InChI=1S/C11H13BrINO3S/c1-2-3-10(13)14-11(15)8-6-7(12)4-5-9(8)18(14,16)17/h4-6,10-11,15H,2-3H2,1H3. The molecule has 1 aliphatic heterocycles. The summed E-state index contributed by atoms with van der Waals surface area (Å²) >= 11 is 5.36. The number of nitrogens with zero attached hydrogens (tertiary/aromatic N) is 1. The lowest BCUT2D eigenvalue weighted by Gasteiger charge is -2.24. The van der Waals surface area contributed by atoms with Crippen molar-refractivity contribution in [2.24, 2.45) is 0 Å². The molecule has 0 bridgehead atoms. The lowest BCUT2D eigenvalue weighted by Crippen LogP contribution is -2.34. The molecule has 1 N–H and O–H groups in total. The normalized spacial score (nSPS) is 23.9. The molecule has 2 rings (SSSR count). The summed E-state index contributed by atoms with van der Waals surface area (Å²) in [6, 6.07) is 4.87. The van der Waals surface area contributed by atoms with E-state index in [-0.39, 0.29) is 8.94 Å². The number of aliphatic hydroxyl groups is 1. The predicted molar refractivity (Wildman–Crippen MR) is 80.8 cm³/mol. The van der Waals surface area contributed by atoms with Gasteiger partial charge < -0.3 is 5.11 Å². The van der Waals surface area contributed by atoms with Gasteiger partial charge in [-0.2, -0.15) is 4.31 Å². The maximum absolute atomic E-state index is 12.4. The van der Waals surface area contributed by atoms with Crippen LogP contribution in [-0.2, 0) is 10.0 Å². The first kappa shape index (κ1) is 14.7. The number of halogens is 2. The van der Waals surface area contributed by atoms with Gasteiger partial charge in [0.2, 0.25) is 10.0 Å². The predicted octanol–water partition coefficient (Wildman–Crippen LogP) is 3.01. The fourth-order valence-corrected chi connectivity index (χ4v) is 5.92. The van der Waals surface area contributed by atoms with Crippen molar-refractivity contribution in [2.75, 3.05) is 0 Å². The highest BCUT2D eigenvalue weighted by Crippen LogP contribution is 2.42. The maximum atomic E-state index is 12.4. The van der Waals surface area contributed by atoms with Gasteiger partial charge in [0.05, 0.1) is 8.94 Å². The number of sulfonamides is 1. The Morgan fingerprint density at radius 2 is 2.22 bits per heavy atom. The minimum Gasteiger partial charge on any atom is -0.373 e. The van der Waals surface area contributed by atoms with E-state index in [0.717, 1.165) is 10.9 Å². The monoisotopic (exact) mass is 445 g/mol. The molecular formula is C11H13BrINO3S. The molecule has 18 heavy (non-hydrogen) atoms. The molecule has 1 aromatic carbocycles. The second kappa shape index (κ2) is 5.35. The van der Waals surface area contributed by atoms with Gasteiger partial charge in [0.1, 0.15) is 6.23 Å². The van der Waals surface area contributed by atoms with Crippen molar-refractivity contribution in [3.63, 3.8) is 0 Å². The van der Waals surface area contributed by atoms with Crippen LogP contribution in [0.2, 0.25) is 0 Å². The van der Waals surface area contributed by atoms with Crippen molar-refractivity contribution in [1.82, 2.24) is 4.31 Å². The number of rotatable bonds is 3. The van der Waals surface area contributed by atoms with Crippen LogP contribution >= 0.6 is 38.5 Å². The maximum Gasteiger partial charge on any atom is 0.246 e. The minimum absolute atomic E-state index is 0.205. The number of benzene rings is 1. The number of alkyl halides is 1. The van der Waals surface area contributed by atoms with Crippen LogP contribution in [0.3, 0.4) is 0 Å². The first-order chi connectivity index (χ1) is 8.39. The Kier molecular flexibility index (Phi) is 4.37. The highest BCUT2D eigenvalue weighted by molar-refractivity contribution is 14.1. The van der Waals surface area contributed by atoms with Crippen LogP contribution in [-0.4, -0.2) is 21.9 Å². The zero-order chi connectivity index (χ0) is 13.5. The third-order valence-corrected chi connectivity index (χ3v) is 6.88. The molecule has 7 heteroatoms. The Morgan fingerprint density at radius 1 is 1.56 bits per heavy atom. The molecule has 0 aliphatic carbocycles. The number of fused-ring (bicyclic) bond motifs is 1. The van der Waals surface area contributed by atoms with Gasteiger partial charge in [-0.05, 0) is 24.6 Å². The molecule has 0 amide bonds. The molecular weight excluding hydrogens is 433 g/mol. The molecule has 100 valence electrons. The molecule has 0 fully saturated rings. The van der Waals surface area contributed by atoms with Gasteiger partial charge in [-0.1, -0.05) is 51.9 Å². The van der Waals surface area contributed by atoms with Crippen molar-refractivity contribution in [3.8, 4) is 0 Å². The zero-order valence-electron chi connectivity index (χ0n) is 9.68. The molecule has 0 saturated heterocycles. The van der Waals surface area contributed by atoms with E-state index in [4.69, 9.17) is 0 Å². The molecule has 1 aromatic rings. The molecule has 0 saturated carbocycles. The molecule has 0 radical (unpaired) electrons. The summed E-state index contributed by atoms with van der Waals surface area (Å²) in [6.45, 7) is 1.99. The summed E-state index contributed by atoms with van der Waals surface area (Å²) in [5, 5.41) is 10.2. The van der Waals surface area contributed by atoms with Gasteiger partial charge in [0, 0.05) is 10.0 Å². The number of hydrogen-bond donors (Lipinski definition) is 1. The third kappa shape index (κ3) is 2.35. The average Bonchev–Trinajstić information content (AvgIpc) is 2.46. The topological polar surface area (TPSA) is 57.6 Å². The smallest absolute Gasteiger partial charge is 0.246 e. The Morgan fingerprint density at radius 3 is 2.83 bits per heavy atom. The van der Waals surface area contributed by atoms with Crippen LogP contribution in [0, 0.1) is 0 Å². The van der Waals surface area contributed by atoms with Crippen LogP contribution in [0.25, 0.3) is 0 Å². The highest BCUT2D eigenvalue weighted by Gasteiger charge is 2.44. The van der Waals surface area contributed by atoms with Crippen molar-refractivity contribution in [1.29, 1.82) is 0 Å². The van der Waals surface area contributed by atoms with Crippen LogP contribution in [0.1, 0.15) is 31.6 Å². The van der Waals surface area contributed by atoms with Crippen LogP contribution < -0.4 is 0 Å². The molecule has 4 nitrogen and oxygen atoms in total. The number of hydrogen-bond acceptors (Lipinski definition) is 3. The molecule has 1 aliphatic rings. The van der Waals surface area contributed by atoms with Gasteiger partial charge in [0.25, 0.3) is 0 Å². The summed E-state index contributed by atoms with van der Waals surface area (Å²) in [4.78, 5) is 0.205.